The average molecular weight is 409 g/mol. The third-order valence-corrected chi connectivity index (χ3v) is 6.20. The van der Waals surface area contributed by atoms with Crippen LogP contribution in [0.4, 0.5) is 0 Å². The van der Waals surface area contributed by atoms with Crippen LogP contribution in [0.5, 0.6) is 0 Å². The number of benzene rings is 1. The second-order valence-corrected chi connectivity index (χ2v) is 8.35. The molecule has 26 heavy (non-hydrogen) atoms. The highest BCUT2D eigenvalue weighted by molar-refractivity contribution is 7.98. The van der Waals surface area contributed by atoms with Gasteiger partial charge >= 0.3 is 0 Å². The Hall–Kier alpha value is -1.41. The van der Waals surface area contributed by atoms with E-state index in [0.717, 1.165) is 28.0 Å². The molecule has 0 fully saturated rings. The molecule has 2 heterocycles. The summed E-state index contributed by atoms with van der Waals surface area (Å²) in [5.74, 6) is 2.05. The molecular formula is C18H21ClN4OS2. The maximum Gasteiger partial charge on any atom is 0.191 e. The predicted molar refractivity (Wildman–Crippen MR) is 108 cm³/mol. The minimum atomic E-state index is 0.459. The summed E-state index contributed by atoms with van der Waals surface area (Å²) in [6, 6.07) is 7.64. The van der Waals surface area contributed by atoms with E-state index >= 15 is 0 Å². The molecular weight excluding hydrogens is 388 g/mol. The molecule has 0 saturated carbocycles. The van der Waals surface area contributed by atoms with Crippen LogP contribution in [-0.4, -0.2) is 33.5 Å². The van der Waals surface area contributed by atoms with E-state index in [2.05, 4.69) is 34.0 Å². The minimum Gasteiger partial charge on any atom is -0.383 e. The van der Waals surface area contributed by atoms with Crippen LogP contribution in [0.25, 0.3) is 11.4 Å². The fraction of sp³-hybridized carbons (Fsp3) is 0.389. The van der Waals surface area contributed by atoms with E-state index in [1.54, 1.807) is 30.2 Å². The zero-order valence-electron chi connectivity index (χ0n) is 15.0. The molecule has 3 rings (SSSR count). The first-order valence-corrected chi connectivity index (χ1v) is 10.6. The van der Waals surface area contributed by atoms with Gasteiger partial charge < -0.3 is 4.74 Å². The van der Waals surface area contributed by atoms with Crippen LogP contribution in [0, 0.1) is 0 Å². The summed E-state index contributed by atoms with van der Waals surface area (Å²) in [7, 11) is 1.70. The number of thioether (sulfide) groups is 1. The Morgan fingerprint density at radius 1 is 1.23 bits per heavy atom. The Morgan fingerprint density at radius 2 is 2.00 bits per heavy atom. The van der Waals surface area contributed by atoms with Gasteiger partial charge in [0, 0.05) is 34.7 Å². The van der Waals surface area contributed by atoms with Crippen molar-refractivity contribution in [2.45, 2.75) is 37.2 Å². The highest BCUT2D eigenvalue weighted by atomic mass is 35.5. The molecule has 0 N–H and O–H groups in total. The zero-order valence-corrected chi connectivity index (χ0v) is 17.4. The topological polar surface area (TPSA) is 52.8 Å². The third kappa shape index (κ3) is 4.65. The fourth-order valence-electron chi connectivity index (χ4n) is 2.38. The van der Waals surface area contributed by atoms with Crippen LogP contribution in [-0.2, 0) is 17.0 Å². The van der Waals surface area contributed by atoms with Gasteiger partial charge in [0.25, 0.3) is 0 Å². The summed E-state index contributed by atoms with van der Waals surface area (Å²) in [5.41, 5.74) is 2.07. The first kappa shape index (κ1) is 19.4. The summed E-state index contributed by atoms with van der Waals surface area (Å²) in [4.78, 5) is 4.69. The van der Waals surface area contributed by atoms with Crippen molar-refractivity contribution < 1.29 is 4.74 Å². The molecule has 1 aromatic carbocycles. The Bertz CT molecular complexity index is 845. The van der Waals surface area contributed by atoms with Crippen molar-refractivity contribution in [2.75, 3.05) is 13.7 Å². The molecule has 0 aliphatic heterocycles. The van der Waals surface area contributed by atoms with Crippen LogP contribution in [0.15, 0.2) is 34.8 Å². The smallest absolute Gasteiger partial charge is 0.191 e. The molecule has 0 unspecified atom stereocenters. The molecule has 0 saturated heterocycles. The van der Waals surface area contributed by atoms with Crippen LogP contribution < -0.4 is 0 Å². The van der Waals surface area contributed by atoms with Gasteiger partial charge in [0.2, 0.25) is 0 Å². The van der Waals surface area contributed by atoms with Crippen LogP contribution in [0.2, 0.25) is 5.02 Å². The quantitative estimate of drug-likeness (QED) is 0.484. The highest BCUT2D eigenvalue weighted by Crippen LogP contribution is 2.28. The molecule has 0 bridgehead atoms. The standard InChI is InChI=1S/C18H21ClN4OS2/c1-12(2)17-20-15(10-25-17)11-26-18-22-21-16(23(18)8-9-24-3)13-4-6-14(19)7-5-13/h4-7,10,12H,8-9,11H2,1-3H3. The molecule has 5 nitrogen and oxygen atoms in total. The van der Waals surface area contributed by atoms with Crippen LogP contribution in [0.1, 0.15) is 30.5 Å². The number of nitrogens with zero attached hydrogens (tertiary/aromatic N) is 4. The Kier molecular flexibility index (Phi) is 6.69. The number of ether oxygens (including phenoxy) is 1. The maximum atomic E-state index is 6.00. The number of halogens is 1. The lowest BCUT2D eigenvalue weighted by Crippen LogP contribution is -2.07. The van der Waals surface area contributed by atoms with Gasteiger partial charge in [0.05, 0.1) is 23.9 Å². The molecule has 0 amide bonds. The van der Waals surface area contributed by atoms with Crippen molar-refractivity contribution in [1.82, 2.24) is 19.7 Å². The largest absolute Gasteiger partial charge is 0.383 e. The van der Waals surface area contributed by atoms with Crippen molar-refractivity contribution in [3.8, 4) is 11.4 Å². The number of thiazole rings is 1. The number of rotatable bonds is 8. The van der Waals surface area contributed by atoms with Crippen molar-refractivity contribution in [3.05, 3.63) is 45.4 Å². The summed E-state index contributed by atoms with van der Waals surface area (Å²) < 4.78 is 7.35. The average Bonchev–Trinajstić information content (AvgIpc) is 3.26. The van der Waals surface area contributed by atoms with Gasteiger partial charge in [-0.25, -0.2) is 4.98 Å². The normalized spacial score (nSPS) is 11.4. The highest BCUT2D eigenvalue weighted by Gasteiger charge is 2.15. The Labute approximate surface area is 166 Å². The first-order valence-electron chi connectivity index (χ1n) is 8.33. The Balaban J connectivity index is 1.80. The summed E-state index contributed by atoms with van der Waals surface area (Å²) >= 11 is 9.36. The second-order valence-electron chi connectivity index (χ2n) is 6.08. The molecule has 138 valence electrons. The van der Waals surface area contributed by atoms with E-state index in [1.165, 1.54) is 5.01 Å². The van der Waals surface area contributed by atoms with E-state index < -0.39 is 0 Å². The number of hydrogen-bond acceptors (Lipinski definition) is 6. The van der Waals surface area contributed by atoms with Crippen molar-refractivity contribution in [2.24, 2.45) is 0 Å². The lowest BCUT2D eigenvalue weighted by Gasteiger charge is -2.09. The summed E-state index contributed by atoms with van der Waals surface area (Å²) in [6.45, 7) is 5.61. The van der Waals surface area contributed by atoms with Crippen molar-refractivity contribution in [3.63, 3.8) is 0 Å². The second kappa shape index (κ2) is 8.99. The lowest BCUT2D eigenvalue weighted by molar-refractivity contribution is 0.185. The monoisotopic (exact) mass is 408 g/mol. The van der Waals surface area contributed by atoms with Gasteiger partial charge in [-0.1, -0.05) is 37.2 Å². The molecule has 0 spiro atoms. The zero-order chi connectivity index (χ0) is 18.5. The molecule has 0 atom stereocenters. The van der Waals surface area contributed by atoms with Crippen molar-refractivity contribution in [1.29, 1.82) is 0 Å². The van der Waals surface area contributed by atoms with E-state index in [0.29, 0.717) is 24.1 Å². The molecule has 2 aromatic heterocycles. The van der Waals surface area contributed by atoms with Gasteiger partial charge in [-0.3, -0.25) is 4.57 Å². The lowest BCUT2D eigenvalue weighted by atomic mass is 10.2. The van der Waals surface area contributed by atoms with Gasteiger partial charge in [0.15, 0.2) is 11.0 Å². The summed E-state index contributed by atoms with van der Waals surface area (Å²) in [6.07, 6.45) is 0. The molecule has 0 radical (unpaired) electrons. The van der Waals surface area contributed by atoms with Crippen molar-refractivity contribution >= 4 is 34.7 Å². The van der Waals surface area contributed by atoms with Gasteiger partial charge in [0.1, 0.15) is 0 Å². The number of methoxy groups -OCH3 is 1. The van der Waals surface area contributed by atoms with Gasteiger partial charge in [-0.2, -0.15) is 0 Å². The van der Waals surface area contributed by atoms with E-state index in [4.69, 9.17) is 21.3 Å². The molecule has 0 aliphatic carbocycles. The van der Waals surface area contributed by atoms with E-state index in [-0.39, 0.29) is 0 Å². The SMILES string of the molecule is COCCn1c(SCc2csc(C(C)C)n2)nnc1-c1ccc(Cl)cc1. The maximum absolute atomic E-state index is 6.00. The number of aromatic nitrogens is 4. The van der Waals surface area contributed by atoms with Crippen LogP contribution >= 0.6 is 34.7 Å². The molecule has 3 aromatic rings. The predicted octanol–water partition coefficient (Wildman–Crippen LogP) is 5.12. The Morgan fingerprint density at radius 3 is 2.65 bits per heavy atom. The van der Waals surface area contributed by atoms with E-state index in [9.17, 15) is 0 Å². The molecule has 0 aliphatic rings. The first-order chi connectivity index (χ1) is 12.6. The fourth-order valence-corrected chi connectivity index (χ4v) is 4.31. The molecule has 8 heteroatoms. The number of hydrogen-bond donors (Lipinski definition) is 0. The van der Waals surface area contributed by atoms with Crippen LogP contribution in [0.3, 0.4) is 0 Å². The minimum absolute atomic E-state index is 0.459. The van der Waals surface area contributed by atoms with Gasteiger partial charge in [-0.05, 0) is 24.3 Å². The third-order valence-electron chi connectivity index (χ3n) is 3.75. The van der Waals surface area contributed by atoms with E-state index in [1.807, 2.05) is 24.3 Å². The van der Waals surface area contributed by atoms with Gasteiger partial charge in [-0.15, -0.1) is 21.5 Å². The summed E-state index contributed by atoms with van der Waals surface area (Å²) in [5, 5.41) is 13.6.